The van der Waals surface area contributed by atoms with Crippen LogP contribution in [0.15, 0.2) is 30.3 Å². The lowest BCUT2D eigenvalue weighted by Crippen LogP contribution is -2.61. The molecule has 1 amide bonds. The highest BCUT2D eigenvalue weighted by Gasteiger charge is 2.57. The van der Waals surface area contributed by atoms with Crippen LogP contribution in [0.25, 0.3) is 0 Å². The molecule has 128 valence electrons. The predicted octanol–water partition coefficient (Wildman–Crippen LogP) is 2.03. The van der Waals surface area contributed by atoms with Gasteiger partial charge < -0.3 is 10.0 Å². The van der Waals surface area contributed by atoms with Gasteiger partial charge in [-0.1, -0.05) is 30.3 Å². The fourth-order valence-electron chi connectivity index (χ4n) is 2.66. The Labute approximate surface area is 133 Å². The molecule has 1 aromatic rings. The number of halogens is 3. The first-order valence-electron chi connectivity index (χ1n) is 7.49. The van der Waals surface area contributed by atoms with Crippen molar-refractivity contribution in [2.75, 3.05) is 19.6 Å². The maximum Gasteiger partial charge on any atom is 0.426 e. The number of alkyl halides is 3. The molecule has 0 spiro atoms. The predicted molar refractivity (Wildman–Crippen MR) is 79.6 cm³/mol. The standard InChI is InChI=1S/C16H21F3N2O2/c1-12-10-21(14(22)15(2,23)16(17,18)19)9-8-20(12)11-13-6-4-3-5-7-13/h3-7,12,23H,8-11H2,1-2H3/t12-,15-/m1/s1. The van der Waals surface area contributed by atoms with E-state index in [1.54, 1.807) is 0 Å². The second-order valence-corrected chi connectivity index (χ2v) is 6.13. The molecule has 2 atom stereocenters. The zero-order chi connectivity index (χ0) is 17.3. The van der Waals surface area contributed by atoms with Crippen LogP contribution in [0.5, 0.6) is 0 Å². The molecule has 4 nitrogen and oxygen atoms in total. The highest BCUT2D eigenvalue weighted by atomic mass is 19.4. The third-order valence-electron chi connectivity index (χ3n) is 4.25. The van der Waals surface area contributed by atoms with E-state index in [9.17, 15) is 23.1 Å². The van der Waals surface area contributed by atoms with Crippen molar-refractivity contribution < 1.29 is 23.1 Å². The summed E-state index contributed by atoms with van der Waals surface area (Å²) in [5.74, 6) is -1.28. The average Bonchev–Trinajstić information content (AvgIpc) is 2.48. The number of aliphatic hydroxyl groups is 1. The van der Waals surface area contributed by atoms with E-state index < -0.39 is 17.7 Å². The van der Waals surface area contributed by atoms with Gasteiger partial charge in [0.2, 0.25) is 5.60 Å². The molecule has 0 unspecified atom stereocenters. The monoisotopic (exact) mass is 330 g/mol. The number of nitrogens with zero attached hydrogens (tertiary/aromatic N) is 2. The molecular weight excluding hydrogens is 309 g/mol. The number of carbonyl (C=O) groups is 1. The number of rotatable bonds is 3. The summed E-state index contributed by atoms with van der Waals surface area (Å²) in [6, 6.07) is 9.66. The van der Waals surface area contributed by atoms with Gasteiger partial charge in [-0.3, -0.25) is 9.69 Å². The van der Waals surface area contributed by atoms with Crippen LogP contribution in [-0.4, -0.2) is 58.3 Å². The summed E-state index contributed by atoms with van der Waals surface area (Å²) in [6.45, 7) is 3.86. The van der Waals surface area contributed by atoms with Crippen molar-refractivity contribution in [2.24, 2.45) is 0 Å². The van der Waals surface area contributed by atoms with Gasteiger partial charge >= 0.3 is 6.18 Å². The Hall–Kier alpha value is -1.60. The largest absolute Gasteiger partial charge is 0.426 e. The van der Waals surface area contributed by atoms with Crippen molar-refractivity contribution in [1.29, 1.82) is 0 Å². The van der Waals surface area contributed by atoms with E-state index >= 15 is 0 Å². The number of amides is 1. The maximum absolute atomic E-state index is 12.8. The molecule has 1 heterocycles. The highest BCUT2D eigenvalue weighted by molar-refractivity contribution is 5.85. The number of benzene rings is 1. The van der Waals surface area contributed by atoms with Gasteiger partial charge in [0.05, 0.1) is 0 Å². The first-order chi connectivity index (χ1) is 10.6. The first kappa shape index (κ1) is 17.7. The molecule has 1 saturated heterocycles. The van der Waals surface area contributed by atoms with Crippen LogP contribution in [0.3, 0.4) is 0 Å². The topological polar surface area (TPSA) is 43.8 Å². The minimum absolute atomic E-state index is 0.0862. The zero-order valence-corrected chi connectivity index (χ0v) is 13.2. The SMILES string of the molecule is C[C@@H]1CN(C(=O)[C@@](C)(O)C(F)(F)F)CCN1Cc1ccccc1. The lowest BCUT2D eigenvalue weighted by atomic mass is 10.0. The molecule has 0 aromatic heterocycles. The maximum atomic E-state index is 12.8. The average molecular weight is 330 g/mol. The zero-order valence-electron chi connectivity index (χ0n) is 13.2. The Bertz CT molecular complexity index is 546. The molecular formula is C16H21F3N2O2. The number of hydrogen-bond donors (Lipinski definition) is 1. The smallest absolute Gasteiger partial charge is 0.373 e. The van der Waals surface area contributed by atoms with Gasteiger partial charge in [0, 0.05) is 32.2 Å². The number of hydrogen-bond acceptors (Lipinski definition) is 3. The highest BCUT2D eigenvalue weighted by Crippen LogP contribution is 2.32. The minimum Gasteiger partial charge on any atom is -0.373 e. The molecule has 0 saturated carbocycles. The third kappa shape index (κ3) is 3.84. The summed E-state index contributed by atoms with van der Waals surface area (Å²) in [5, 5.41) is 9.53. The van der Waals surface area contributed by atoms with E-state index in [1.807, 2.05) is 37.3 Å². The van der Waals surface area contributed by atoms with E-state index in [0.717, 1.165) is 10.5 Å². The van der Waals surface area contributed by atoms with Crippen LogP contribution in [0.1, 0.15) is 19.4 Å². The first-order valence-corrected chi connectivity index (χ1v) is 7.49. The molecule has 1 fully saturated rings. The van der Waals surface area contributed by atoms with Gasteiger partial charge in [-0.25, -0.2) is 0 Å². The molecule has 0 bridgehead atoms. The van der Waals surface area contributed by atoms with Crippen molar-refractivity contribution >= 4 is 5.91 Å². The fraction of sp³-hybridized carbons (Fsp3) is 0.562. The van der Waals surface area contributed by atoms with Gasteiger partial charge in [0.25, 0.3) is 5.91 Å². The van der Waals surface area contributed by atoms with E-state index in [2.05, 4.69) is 4.90 Å². The normalized spacial score (nSPS) is 22.7. The van der Waals surface area contributed by atoms with E-state index in [0.29, 0.717) is 20.0 Å². The van der Waals surface area contributed by atoms with Crippen LogP contribution in [-0.2, 0) is 11.3 Å². The molecule has 0 radical (unpaired) electrons. The summed E-state index contributed by atoms with van der Waals surface area (Å²) in [4.78, 5) is 15.2. The van der Waals surface area contributed by atoms with Crippen molar-refractivity contribution in [2.45, 2.75) is 38.2 Å². The van der Waals surface area contributed by atoms with Crippen molar-refractivity contribution in [1.82, 2.24) is 9.80 Å². The summed E-state index contributed by atoms with van der Waals surface area (Å²) in [5.41, 5.74) is -2.23. The molecule has 2 rings (SSSR count). The Kier molecular flexibility index (Phi) is 5.01. The lowest BCUT2D eigenvalue weighted by molar-refractivity contribution is -0.251. The van der Waals surface area contributed by atoms with Crippen LogP contribution in [0, 0.1) is 0 Å². The Balaban J connectivity index is 2.00. The van der Waals surface area contributed by atoms with Gasteiger partial charge in [-0.2, -0.15) is 13.2 Å². The van der Waals surface area contributed by atoms with Crippen molar-refractivity contribution in [3.63, 3.8) is 0 Å². The molecule has 1 aliphatic heterocycles. The summed E-state index contributed by atoms with van der Waals surface area (Å²) >= 11 is 0. The second-order valence-electron chi connectivity index (χ2n) is 6.13. The summed E-state index contributed by atoms with van der Waals surface area (Å²) in [7, 11) is 0. The van der Waals surface area contributed by atoms with Crippen molar-refractivity contribution in [3.8, 4) is 0 Å². The molecule has 0 aliphatic carbocycles. The van der Waals surface area contributed by atoms with Gasteiger partial charge in [-0.05, 0) is 19.4 Å². The van der Waals surface area contributed by atoms with Crippen LogP contribution < -0.4 is 0 Å². The molecule has 1 aliphatic rings. The van der Waals surface area contributed by atoms with Crippen molar-refractivity contribution in [3.05, 3.63) is 35.9 Å². The quantitative estimate of drug-likeness (QED) is 0.922. The second kappa shape index (κ2) is 6.49. The number of piperazine rings is 1. The fourth-order valence-corrected chi connectivity index (χ4v) is 2.66. The lowest BCUT2D eigenvalue weighted by Gasteiger charge is -2.42. The minimum atomic E-state index is -4.98. The number of carbonyl (C=O) groups excluding carboxylic acids is 1. The van der Waals surface area contributed by atoms with Gasteiger partial charge in [-0.15, -0.1) is 0 Å². The van der Waals surface area contributed by atoms with E-state index in [-0.39, 0.29) is 19.1 Å². The van der Waals surface area contributed by atoms with Gasteiger partial charge in [0.1, 0.15) is 0 Å². The van der Waals surface area contributed by atoms with E-state index in [4.69, 9.17) is 0 Å². The molecule has 1 aromatic carbocycles. The molecule has 7 heteroatoms. The summed E-state index contributed by atoms with van der Waals surface area (Å²) in [6.07, 6.45) is -4.98. The van der Waals surface area contributed by atoms with Crippen LogP contribution >= 0.6 is 0 Å². The van der Waals surface area contributed by atoms with Gasteiger partial charge in [0.15, 0.2) is 0 Å². The Morgan fingerprint density at radius 2 is 1.87 bits per heavy atom. The molecule has 1 N–H and O–H groups in total. The summed E-state index contributed by atoms with van der Waals surface area (Å²) < 4.78 is 38.4. The van der Waals surface area contributed by atoms with E-state index in [1.165, 1.54) is 0 Å². The Morgan fingerprint density at radius 3 is 2.39 bits per heavy atom. The van der Waals surface area contributed by atoms with Crippen LogP contribution in [0.4, 0.5) is 13.2 Å². The van der Waals surface area contributed by atoms with Crippen LogP contribution in [0.2, 0.25) is 0 Å². The Morgan fingerprint density at radius 1 is 1.26 bits per heavy atom. The molecule has 23 heavy (non-hydrogen) atoms. The third-order valence-corrected chi connectivity index (χ3v) is 4.25.